The highest BCUT2D eigenvalue weighted by molar-refractivity contribution is 5.30. The number of rotatable bonds is 6. The SMILES string of the molecule is CCN(CC)C1(C(NC)c2cc(C)ccc2F)CCCC1. The van der Waals surface area contributed by atoms with Crippen molar-refractivity contribution in [3.63, 3.8) is 0 Å². The molecule has 1 fully saturated rings. The Bertz CT molecular complexity index is 462. The van der Waals surface area contributed by atoms with E-state index in [2.05, 4.69) is 24.1 Å². The molecule has 0 aliphatic heterocycles. The molecule has 0 bridgehead atoms. The molecule has 1 saturated carbocycles. The maximum Gasteiger partial charge on any atom is 0.128 e. The van der Waals surface area contributed by atoms with Crippen molar-refractivity contribution in [2.24, 2.45) is 0 Å². The van der Waals surface area contributed by atoms with Gasteiger partial charge in [-0.05, 0) is 46.0 Å². The van der Waals surface area contributed by atoms with Gasteiger partial charge in [0.05, 0.1) is 6.04 Å². The van der Waals surface area contributed by atoms with E-state index in [9.17, 15) is 4.39 Å². The molecule has 0 radical (unpaired) electrons. The van der Waals surface area contributed by atoms with Crippen molar-refractivity contribution >= 4 is 0 Å². The molecule has 0 spiro atoms. The maximum atomic E-state index is 14.4. The molecule has 3 heteroatoms. The summed E-state index contributed by atoms with van der Waals surface area (Å²) in [6, 6.07) is 5.53. The summed E-state index contributed by atoms with van der Waals surface area (Å²) in [5.74, 6) is -0.0848. The molecule has 2 rings (SSSR count). The zero-order valence-electron chi connectivity index (χ0n) is 13.9. The second kappa shape index (κ2) is 6.89. The summed E-state index contributed by atoms with van der Waals surface area (Å²) in [5, 5.41) is 3.44. The summed E-state index contributed by atoms with van der Waals surface area (Å²) >= 11 is 0. The standard InChI is InChI=1S/C18H29FN2/c1-5-21(6-2)18(11-7-8-12-18)17(20-4)15-13-14(3)9-10-16(15)19/h9-10,13,17,20H,5-8,11-12H2,1-4H3. The molecule has 118 valence electrons. The van der Waals surface area contributed by atoms with E-state index < -0.39 is 0 Å². The third-order valence-electron chi connectivity index (χ3n) is 5.15. The van der Waals surface area contributed by atoms with Crippen LogP contribution in [0.4, 0.5) is 4.39 Å². The minimum atomic E-state index is -0.0848. The lowest BCUT2D eigenvalue weighted by Gasteiger charge is -2.46. The van der Waals surface area contributed by atoms with E-state index in [0.29, 0.717) is 0 Å². The number of nitrogens with one attached hydrogen (secondary N) is 1. The molecule has 2 nitrogen and oxygen atoms in total. The van der Waals surface area contributed by atoms with Gasteiger partial charge in [0.25, 0.3) is 0 Å². The largest absolute Gasteiger partial charge is 0.311 e. The van der Waals surface area contributed by atoms with Crippen molar-refractivity contribution in [1.82, 2.24) is 10.2 Å². The highest BCUT2D eigenvalue weighted by Crippen LogP contribution is 2.45. The highest BCUT2D eigenvalue weighted by Gasteiger charge is 2.45. The number of nitrogens with zero attached hydrogens (tertiary/aromatic N) is 1. The first-order chi connectivity index (χ1) is 10.1. The molecule has 0 amide bonds. The van der Waals surface area contributed by atoms with Crippen LogP contribution in [0.2, 0.25) is 0 Å². The number of hydrogen-bond donors (Lipinski definition) is 1. The second-order valence-electron chi connectivity index (χ2n) is 6.23. The summed E-state index contributed by atoms with van der Waals surface area (Å²) in [6.07, 6.45) is 4.77. The van der Waals surface area contributed by atoms with Crippen molar-refractivity contribution in [3.05, 3.63) is 35.1 Å². The molecule has 1 atom stereocenters. The van der Waals surface area contributed by atoms with Crippen LogP contribution in [0.3, 0.4) is 0 Å². The molecule has 0 saturated heterocycles. The Morgan fingerprint density at radius 3 is 2.38 bits per heavy atom. The molecule has 1 aliphatic carbocycles. The van der Waals surface area contributed by atoms with Gasteiger partial charge in [-0.25, -0.2) is 4.39 Å². The fraction of sp³-hybridized carbons (Fsp3) is 0.667. The summed E-state index contributed by atoms with van der Waals surface area (Å²) in [6.45, 7) is 8.49. The molecule has 0 heterocycles. The zero-order chi connectivity index (χ0) is 15.5. The monoisotopic (exact) mass is 292 g/mol. The first-order valence-electron chi connectivity index (χ1n) is 8.27. The lowest BCUT2D eigenvalue weighted by atomic mass is 9.81. The van der Waals surface area contributed by atoms with Crippen molar-refractivity contribution in [2.45, 2.75) is 58.0 Å². The van der Waals surface area contributed by atoms with Gasteiger partial charge in [0, 0.05) is 11.1 Å². The van der Waals surface area contributed by atoms with Crippen LogP contribution in [-0.4, -0.2) is 30.6 Å². The third-order valence-corrected chi connectivity index (χ3v) is 5.15. The first-order valence-corrected chi connectivity index (χ1v) is 8.27. The van der Waals surface area contributed by atoms with Gasteiger partial charge >= 0.3 is 0 Å². The Balaban J connectivity index is 2.47. The Hall–Kier alpha value is -0.930. The molecule has 1 unspecified atom stereocenters. The molecule has 1 N–H and O–H groups in total. The molecular weight excluding hydrogens is 263 g/mol. The first kappa shape index (κ1) is 16.4. The number of hydrogen-bond acceptors (Lipinski definition) is 2. The Morgan fingerprint density at radius 2 is 1.86 bits per heavy atom. The van der Waals surface area contributed by atoms with Crippen LogP contribution in [0, 0.1) is 12.7 Å². The number of halogens is 1. The van der Waals surface area contributed by atoms with Crippen molar-refractivity contribution in [2.75, 3.05) is 20.1 Å². The minimum Gasteiger partial charge on any atom is -0.311 e. The van der Waals surface area contributed by atoms with E-state index in [-0.39, 0.29) is 17.4 Å². The summed E-state index contributed by atoms with van der Waals surface area (Å²) in [5.41, 5.74) is 2.00. The average Bonchev–Trinajstić information content (AvgIpc) is 2.95. The number of benzene rings is 1. The van der Waals surface area contributed by atoms with Gasteiger partial charge < -0.3 is 5.32 Å². The smallest absolute Gasteiger partial charge is 0.128 e. The van der Waals surface area contributed by atoms with Gasteiger partial charge in [0.15, 0.2) is 0 Å². The van der Waals surface area contributed by atoms with Crippen LogP contribution < -0.4 is 5.32 Å². The van der Waals surface area contributed by atoms with Gasteiger partial charge in [0.1, 0.15) is 5.82 Å². The summed E-state index contributed by atoms with van der Waals surface area (Å²) < 4.78 is 14.4. The number of aryl methyl sites for hydroxylation is 1. The van der Waals surface area contributed by atoms with Crippen LogP contribution in [0.15, 0.2) is 18.2 Å². The molecule has 1 aliphatic rings. The Kier molecular flexibility index (Phi) is 5.39. The van der Waals surface area contributed by atoms with E-state index in [1.54, 1.807) is 6.07 Å². The van der Waals surface area contributed by atoms with E-state index in [4.69, 9.17) is 0 Å². The van der Waals surface area contributed by atoms with Gasteiger partial charge in [-0.2, -0.15) is 0 Å². The van der Waals surface area contributed by atoms with Crippen molar-refractivity contribution in [3.8, 4) is 0 Å². The zero-order valence-corrected chi connectivity index (χ0v) is 13.9. The molecule has 1 aromatic carbocycles. The predicted molar refractivity (Wildman–Crippen MR) is 87.1 cm³/mol. The maximum absolute atomic E-state index is 14.4. The normalized spacial score (nSPS) is 19.1. The number of likely N-dealkylation sites (N-methyl/N-ethyl adjacent to an activating group) is 2. The highest BCUT2D eigenvalue weighted by atomic mass is 19.1. The quantitative estimate of drug-likeness (QED) is 0.851. The minimum absolute atomic E-state index is 0.0485. The van der Waals surface area contributed by atoms with E-state index in [1.165, 1.54) is 12.8 Å². The van der Waals surface area contributed by atoms with Crippen molar-refractivity contribution < 1.29 is 4.39 Å². The fourth-order valence-corrected chi connectivity index (χ4v) is 4.23. The summed E-state index contributed by atoms with van der Waals surface area (Å²) in [4.78, 5) is 2.53. The molecule has 1 aromatic rings. The lowest BCUT2D eigenvalue weighted by molar-refractivity contribution is 0.0642. The molecule has 21 heavy (non-hydrogen) atoms. The second-order valence-corrected chi connectivity index (χ2v) is 6.23. The van der Waals surface area contributed by atoms with Crippen molar-refractivity contribution in [1.29, 1.82) is 0 Å². The summed E-state index contributed by atoms with van der Waals surface area (Å²) in [7, 11) is 1.97. The van der Waals surface area contributed by atoms with Gasteiger partial charge in [0.2, 0.25) is 0 Å². The van der Waals surface area contributed by atoms with E-state index >= 15 is 0 Å². The van der Waals surface area contributed by atoms with E-state index in [1.807, 2.05) is 26.1 Å². The molecule has 0 aromatic heterocycles. The van der Waals surface area contributed by atoms with Crippen LogP contribution in [0.25, 0.3) is 0 Å². The van der Waals surface area contributed by atoms with Gasteiger partial charge in [-0.1, -0.05) is 44.4 Å². The fourth-order valence-electron chi connectivity index (χ4n) is 4.23. The van der Waals surface area contributed by atoms with Crippen LogP contribution in [-0.2, 0) is 0 Å². The Labute approximate surface area is 128 Å². The van der Waals surface area contributed by atoms with E-state index in [0.717, 1.165) is 37.1 Å². The van der Waals surface area contributed by atoms with Gasteiger partial charge in [-0.15, -0.1) is 0 Å². The lowest BCUT2D eigenvalue weighted by Crippen LogP contribution is -2.54. The van der Waals surface area contributed by atoms with Crippen LogP contribution >= 0.6 is 0 Å². The van der Waals surface area contributed by atoms with Crippen LogP contribution in [0.1, 0.15) is 56.7 Å². The van der Waals surface area contributed by atoms with Crippen LogP contribution in [0.5, 0.6) is 0 Å². The Morgan fingerprint density at radius 1 is 1.24 bits per heavy atom. The third kappa shape index (κ3) is 3.00. The molecular formula is C18H29FN2. The topological polar surface area (TPSA) is 15.3 Å². The van der Waals surface area contributed by atoms with Gasteiger partial charge in [-0.3, -0.25) is 4.90 Å². The predicted octanol–water partition coefficient (Wildman–Crippen LogP) is 4.05. The average molecular weight is 292 g/mol.